The Hall–Kier alpha value is -0.570. The van der Waals surface area contributed by atoms with E-state index in [0.29, 0.717) is 12.2 Å². The minimum absolute atomic E-state index is 0.206. The van der Waals surface area contributed by atoms with Crippen molar-refractivity contribution >= 4 is 28.4 Å². The number of nitrogens with zero attached hydrogens (tertiary/aromatic N) is 2. The molecule has 1 aromatic heterocycles. The van der Waals surface area contributed by atoms with Gasteiger partial charge in [-0.05, 0) is 35.9 Å². The Bertz CT molecular complexity index is 405. The van der Waals surface area contributed by atoms with Gasteiger partial charge in [-0.1, -0.05) is 6.92 Å². The van der Waals surface area contributed by atoms with Gasteiger partial charge < -0.3 is 10.1 Å². The van der Waals surface area contributed by atoms with Crippen molar-refractivity contribution < 1.29 is 13.5 Å². The highest BCUT2D eigenvalue weighted by molar-refractivity contribution is 14.1. The van der Waals surface area contributed by atoms with Gasteiger partial charge in [0.1, 0.15) is 18.2 Å². The van der Waals surface area contributed by atoms with Crippen molar-refractivity contribution in [2.24, 2.45) is 0 Å². The van der Waals surface area contributed by atoms with Gasteiger partial charge in [0, 0.05) is 13.0 Å². The number of ether oxygens (including phenoxy) is 1. The first-order chi connectivity index (χ1) is 9.04. The second-order valence-electron chi connectivity index (χ2n) is 4.03. The highest BCUT2D eigenvalue weighted by atomic mass is 127. The van der Waals surface area contributed by atoms with E-state index in [1.165, 1.54) is 0 Å². The van der Waals surface area contributed by atoms with E-state index in [0.717, 1.165) is 28.0 Å². The zero-order valence-corrected chi connectivity index (χ0v) is 13.2. The number of hydrogen-bond donors (Lipinski definition) is 1. The second-order valence-corrected chi connectivity index (χ2v) is 5.11. The van der Waals surface area contributed by atoms with E-state index >= 15 is 0 Å². The molecule has 19 heavy (non-hydrogen) atoms. The van der Waals surface area contributed by atoms with E-state index in [1.807, 2.05) is 6.92 Å². The van der Waals surface area contributed by atoms with Crippen LogP contribution in [-0.4, -0.2) is 36.2 Å². The molecule has 0 bridgehead atoms. The fourth-order valence-electron chi connectivity index (χ4n) is 1.43. The minimum atomic E-state index is -2.43. The normalized spacial score (nSPS) is 11.1. The lowest BCUT2D eigenvalue weighted by molar-refractivity contribution is 0.0183. The van der Waals surface area contributed by atoms with E-state index in [1.54, 1.807) is 0 Å². The van der Waals surface area contributed by atoms with Gasteiger partial charge in [0.15, 0.2) is 0 Å². The van der Waals surface area contributed by atoms with E-state index in [9.17, 15) is 8.78 Å². The average Bonchev–Trinajstić information content (AvgIpc) is 2.36. The third-order valence-corrected chi connectivity index (χ3v) is 3.61. The number of hydrogen-bond acceptors (Lipinski definition) is 4. The van der Waals surface area contributed by atoms with E-state index < -0.39 is 13.0 Å². The molecule has 0 atom stereocenters. The van der Waals surface area contributed by atoms with Crippen LogP contribution in [0.5, 0.6) is 0 Å². The van der Waals surface area contributed by atoms with Gasteiger partial charge in [-0.15, -0.1) is 0 Å². The zero-order valence-electron chi connectivity index (χ0n) is 11.0. The van der Waals surface area contributed by atoms with Crippen LogP contribution in [0.25, 0.3) is 0 Å². The summed E-state index contributed by atoms with van der Waals surface area (Å²) in [5, 5.41) is 3.23. The van der Waals surface area contributed by atoms with Crippen LogP contribution in [0.1, 0.15) is 24.9 Å². The molecule has 0 spiro atoms. The van der Waals surface area contributed by atoms with Crippen molar-refractivity contribution in [3.05, 3.63) is 15.1 Å². The van der Waals surface area contributed by atoms with E-state index in [-0.39, 0.29) is 6.61 Å². The molecule has 4 nitrogen and oxygen atoms in total. The van der Waals surface area contributed by atoms with Gasteiger partial charge in [-0.3, -0.25) is 0 Å². The van der Waals surface area contributed by atoms with Crippen molar-refractivity contribution in [1.29, 1.82) is 0 Å². The van der Waals surface area contributed by atoms with Crippen LogP contribution >= 0.6 is 22.6 Å². The van der Waals surface area contributed by atoms with Crippen molar-refractivity contribution in [1.82, 2.24) is 9.97 Å². The maximum absolute atomic E-state index is 11.9. The Morgan fingerprint density at radius 3 is 2.74 bits per heavy atom. The molecule has 0 fully saturated rings. The first-order valence-electron chi connectivity index (χ1n) is 6.17. The van der Waals surface area contributed by atoms with Gasteiger partial charge in [0.05, 0.1) is 15.9 Å². The Labute approximate surface area is 125 Å². The summed E-state index contributed by atoms with van der Waals surface area (Å²) in [6, 6.07) is 0. The molecule has 1 N–H and O–H groups in total. The van der Waals surface area contributed by atoms with Crippen LogP contribution in [0.2, 0.25) is 0 Å². The summed E-state index contributed by atoms with van der Waals surface area (Å²) in [6.45, 7) is 4.49. The van der Waals surface area contributed by atoms with Crippen LogP contribution < -0.4 is 5.32 Å². The second kappa shape index (κ2) is 8.57. The zero-order chi connectivity index (χ0) is 14.3. The summed E-state index contributed by atoms with van der Waals surface area (Å²) in [5.74, 6) is 1.42. The molecular formula is C12H18F2IN3O. The van der Waals surface area contributed by atoms with Crippen LogP contribution in [-0.2, 0) is 11.2 Å². The lowest BCUT2D eigenvalue weighted by atomic mass is 10.3. The molecule has 1 rings (SSSR count). The van der Waals surface area contributed by atoms with Gasteiger partial charge in [-0.2, -0.15) is 0 Å². The minimum Gasteiger partial charge on any atom is -0.375 e. The van der Waals surface area contributed by atoms with Crippen LogP contribution in [0.4, 0.5) is 14.6 Å². The molecule has 108 valence electrons. The number of halogens is 3. The molecule has 0 saturated heterocycles. The van der Waals surface area contributed by atoms with Crippen molar-refractivity contribution in [3.8, 4) is 0 Å². The monoisotopic (exact) mass is 385 g/mol. The average molecular weight is 385 g/mol. The van der Waals surface area contributed by atoms with Gasteiger partial charge >= 0.3 is 0 Å². The molecule has 0 radical (unpaired) electrons. The fraction of sp³-hybridized carbons (Fsp3) is 0.667. The molecule has 0 aromatic carbocycles. The fourth-order valence-corrected chi connectivity index (χ4v) is 1.86. The van der Waals surface area contributed by atoms with Crippen molar-refractivity contribution in [3.63, 3.8) is 0 Å². The molecule has 0 unspecified atom stereocenters. The van der Waals surface area contributed by atoms with Crippen molar-refractivity contribution in [2.45, 2.75) is 33.1 Å². The van der Waals surface area contributed by atoms with Crippen LogP contribution in [0.15, 0.2) is 0 Å². The van der Waals surface area contributed by atoms with Gasteiger partial charge in [0.2, 0.25) is 0 Å². The van der Waals surface area contributed by atoms with E-state index in [4.69, 9.17) is 4.74 Å². The molecule has 7 heteroatoms. The standard InChI is InChI=1S/C12H18F2IN3O/c1-3-5-16-12-11(15)8(2)17-10(18-12)4-6-19-7-9(13)14/h9H,3-7H2,1-2H3,(H,16,17,18). The summed E-state index contributed by atoms with van der Waals surface area (Å²) in [6.07, 6.45) is -0.988. The summed E-state index contributed by atoms with van der Waals surface area (Å²) in [5.41, 5.74) is 0.887. The topological polar surface area (TPSA) is 47.0 Å². The SMILES string of the molecule is CCCNc1nc(CCOCC(F)F)nc(C)c1I. The van der Waals surface area contributed by atoms with Gasteiger partial charge in [-0.25, -0.2) is 18.7 Å². The molecule has 0 aliphatic carbocycles. The summed E-state index contributed by atoms with van der Waals surface area (Å²) < 4.78 is 29.7. The Morgan fingerprint density at radius 2 is 2.11 bits per heavy atom. The molecule has 0 amide bonds. The molecular weight excluding hydrogens is 367 g/mol. The van der Waals surface area contributed by atoms with Crippen molar-refractivity contribution in [2.75, 3.05) is 25.1 Å². The molecule has 1 aromatic rings. The molecule has 0 saturated carbocycles. The number of rotatable bonds is 8. The number of alkyl halides is 2. The summed E-state index contributed by atoms with van der Waals surface area (Å²) >= 11 is 2.20. The summed E-state index contributed by atoms with van der Waals surface area (Å²) in [7, 11) is 0. The van der Waals surface area contributed by atoms with Crippen LogP contribution in [0, 0.1) is 10.5 Å². The quantitative estimate of drug-likeness (QED) is 0.552. The largest absolute Gasteiger partial charge is 0.375 e. The van der Waals surface area contributed by atoms with E-state index in [2.05, 4.69) is 44.8 Å². The first-order valence-corrected chi connectivity index (χ1v) is 7.25. The predicted octanol–water partition coefficient (Wildman–Crippen LogP) is 3.04. The Morgan fingerprint density at radius 1 is 1.37 bits per heavy atom. The summed E-state index contributed by atoms with van der Waals surface area (Å²) in [4.78, 5) is 8.72. The van der Waals surface area contributed by atoms with Crippen LogP contribution in [0.3, 0.4) is 0 Å². The number of nitrogens with one attached hydrogen (secondary N) is 1. The molecule has 1 heterocycles. The third kappa shape index (κ3) is 5.94. The number of anilines is 1. The highest BCUT2D eigenvalue weighted by Crippen LogP contribution is 2.18. The molecule has 0 aliphatic heterocycles. The Balaban J connectivity index is 2.60. The first kappa shape index (κ1) is 16.5. The lowest BCUT2D eigenvalue weighted by Gasteiger charge is -2.11. The lowest BCUT2D eigenvalue weighted by Crippen LogP contribution is -2.12. The maximum atomic E-state index is 11.9. The Kier molecular flexibility index (Phi) is 7.44. The van der Waals surface area contributed by atoms with Gasteiger partial charge in [0.25, 0.3) is 6.43 Å². The smallest absolute Gasteiger partial charge is 0.261 e. The number of aryl methyl sites for hydroxylation is 1. The maximum Gasteiger partial charge on any atom is 0.261 e. The molecule has 0 aliphatic rings. The number of aromatic nitrogens is 2. The third-order valence-electron chi connectivity index (χ3n) is 2.32. The predicted molar refractivity (Wildman–Crippen MR) is 78.8 cm³/mol. The highest BCUT2D eigenvalue weighted by Gasteiger charge is 2.09.